The molecule has 3 aromatic rings. The first-order chi connectivity index (χ1) is 12.0. The second kappa shape index (κ2) is 7.57. The molecule has 0 atom stereocenters. The van der Waals surface area contributed by atoms with Crippen LogP contribution in [-0.2, 0) is 17.8 Å². The highest BCUT2D eigenvalue weighted by atomic mass is 32.1. The summed E-state index contributed by atoms with van der Waals surface area (Å²) < 4.78 is 0. The summed E-state index contributed by atoms with van der Waals surface area (Å²) in [5, 5.41) is 3.92. The van der Waals surface area contributed by atoms with E-state index in [4.69, 9.17) is 0 Å². The summed E-state index contributed by atoms with van der Waals surface area (Å²) in [5.41, 5.74) is 4.99. The molecule has 1 amide bonds. The number of pyridine rings is 1. The maximum atomic E-state index is 12.4. The van der Waals surface area contributed by atoms with Crippen molar-refractivity contribution >= 4 is 17.2 Å². The average Bonchev–Trinajstić information content (AvgIpc) is 2.94. The first kappa shape index (κ1) is 17.3. The summed E-state index contributed by atoms with van der Waals surface area (Å²) in [6, 6.07) is 14.1. The predicted octanol–water partition coefficient (Wildman–Crippen LogP) is 3.99. The Morgan fingerprint density at radius 2 is 1.80 bits per heavy atom. The Hall–Kier alpha value is -2.53. The van der Waals surface area contributed by atoms with Crippen molar-refractivity contribution in [2.24, 2.45) is 0 Å². The molecule has 0 radical (unpaired) electrons. The number of thiazole rings is 1. The molecule has 0 fully saturated rings. The summed E-state index contributed by atoms with van der Waals surface area (Å²) >= 11 is 1.58. The van der Waals surface area contributed by atoms with E-state index in [1.165, 1.54) is 5.56 Å². The van der Waals surface area contributed by atoms with Crippen molar-refractivity contribution in [3.05, 3.63) is 69.3 Å². The number of aromatic nitrogens is 2. The van der Waals surface area contributed by atoms with Crippen LogP contribution < -0.4 is 5.32 Å². The lowest BCUT2D eigenvalue weighted by Crippen LogP contribution is -2.25. The van der Waals surface area contributed by atoms with Crippen LogP contribution in [0.2, 0.25) is 0 Å². The zero-order valence-electron chi connectivity index (χ0n) is 14.7. The minimum absolute atomic E-state index is 0.0136. The maximum Gasteiger partial charge on any atom is 0.225 e. The van der Waals surface area contributed by atoms with Crippen LogP contribution in [0.15, 0.2) is 42.5 Å². The lowest BCUT2D eigenvalue weighted by molar-refractivity contribution is -0.120. The van der Waals surface area contributed by atoms with Crippen molar-refractivity contribution in [3.63, 3.8) is 0 Å². The molecule has 1 aromatic carbocycles. The van der Waals surface area contributed by atoms with Gasteiger partial charge in [0, 0.05) is 16.1 Å². The van der Waals surface area contributed by atoms with Crippen molar-refractivity contribution < 1.29 is 4.79 Å². The Kier molecular flexibility index (Phi) is 5.24. The van der Waals surface area contributed by atoms with Crippen LogP contribution >= 0.6 is 11.3 Å². The van der Waals surface area contributed by atoms with E-state index < -0.39 is 0 Å². The number of carbonyl (C=O) groups excluding carboxylic acids is 1. The van der Waals surface area contributed by atoms with Gasteiger partial charge in [0.25, 0.3) is 0 Å². The van der Waals surface area contributed by atoms with E-state index in [0.29, 0.717) is 13.0 Å². The SMILES string of the molecule is Cc1ccc(-c2nc(C)sc2CC(=O)NCc2cccc(C)n2)cc1. The smallest absolute Gasteiger partial charge is 0.225 e. The Labute approximate surface area is 152 Å². The van der Waals surface area contributed by atoms with Gasteiger partial charge in [0.05, 0.1) is 29.4 Å². The van der Waals surface area contributed by atoms with Crippen molar-refractivity contribution in [2.75, 3.05) is 0 Å². The zero-order valence-corrected chi connectivity index (χ0v) is 15.5. The van der Waals surface area contributed by atoms with Gasteiger partial charge in [-0.1, -0.05) is 35.9 Å². The molecule has 2 heterocycles. The number of hydrogen-bond acceptors (Lipinski definition) is 4. The van der Waals surface area contributed by atoms with Gasteiger partial charge in [-0.15, -0.1) is 11.3 Å². The molecule has 5 heteroatoms. The van der Waals surface area contributed by atoms with Crippen LogP contribution in [0.1, 0.15) is 26.8 Å². The number of rotatable bonds is 5. The average molecular weight is 351 g/mol. The van der Waals surface area contributed by atoms with Gasteiger partial charge < -0.3 is 5.32 Å². The van der Waals surface area contributed by atoms with Crippen LogP contribution in [0.4, 0.5) is 0 Å². The van der Waals surface area contributed by atoms with Gasteiger partial charge in [-0.25, -0.2) is 4.98 Å². The summed E-state index contributed by atoms with van der Waals surface area (Å²) in [6.45, 7) is 6.42. The van der Waals surface area contributed by atoms with Crippen LogP contribution in [0, 0.1) is 20.8 Å². The molecule has 0 aliphatic rings. The molecule has 0 unspecified atom stereocenters. The number of carbonyl (C=O) groups is 1. The fraction of sp³-hybridized carbons (Fsp3) is 0.250. The number of nitrogens with zero attached hydrogens (tertiary/aromatic N) is 2. The number of aryl methyl sites for hydroxylation is 3. The van der Waals surface area contributed by atoms with Crippen LogP contribution in [-0.4, -0.2) is 15.9 Å². The second-order valence-corrected chi connectivity index (χ2v) is 7.38. The highest BCUT2D eigenvalue weighted by molar-refractivity contribution is 7.12. The Morgan fingerprint density at radius 1 is 1.04 bits per heavy atom. The van der Waals surface area contributed by atoms with E-state index in [0.717, 1.165) is 32.5 Å². The zero-order chi connectivity index (χ0) is 17.8. The van der Waals surface area contributed by atoms with E-state index in [1.807, 2.05) is 32.0 Å². The summed E-state index contributed by atoms with van der Waals surface area (Å²) in [5.74, 6) is -0.0136. The Balaban J connectivity index is 1.70. The second-order valence-electron chi connectivity index (χ2n) is 6.09. The first-order valence-electron chi connectivity index (χ1n) is 8.24. The van der Waals surface area contributed by atoms with Crippen molar-refractivity contribution in [3.8, 4) is 11.3 Å². The van der Waals surface area contributed by atoms with Gasteiger partial charge in [0.1, 0.15) is 0 Å². The van der Waals surface area contributed by atoms with E-state index >= 15 is 0 Å². The molecule has 0 saturated heterocycles. The first-order valence-corrected chi connectivity index (χ1v) is 9.05. The molecule has 0 aliphatic heterocycles. The fourth-order valence-corrected chi connectivity index (χ4v) is 3.58. The molecule has 2 aromatic heterocycles. The Bertz CT molecular complexity index is 884. The molecular weight excluding hydrogens is 330 g/mol. The quantitative estimate of drug-likeness (QED) is 0.756. The van der Waals surface area contributed by atoms with Crippen molar-refractivity contribution in [2.45, 2.75) is 33.7 Å². The molecule has 3 rings (SSSR count). The number of nitrogens with one attached hydrogen (secondary N) is 1. The maximum absolute atomic E-state index is 12.4. The largest absolute Gasteiger partial charge is 0.350 e. The van der Waals surface area contributed by atoms with Gasteiger partial charge in [-0.2, -0.15) is 0 Å². The molecule has 0 saturated carbocycles. The molecule has 25 heavy (non-hydrogen) atoms. The normalized spacial score (nSPS) is 10.7. The van der Waals surface area contributed by atoms with Gasteiger partial charge in [-0.3, -0.25) is 9.78 Å². The molecule has 0 spiro atoms. The lowest BCUT2D eigenvalue weighted by Gasteiger charge is -2.06. The summed E-state index contributed by atoms with van der Waals surface area (Å²) in [4.78, 5) is 22.4. The highest BCUT2D eigenvalue weighted by Gasteiger charge is 2.14. The third kappa shape index (κ3) is 4.51. The van der Waals surface area contributed by atoms with E-state index in [9.17, 15) is 4.79 Å². The molecule has 4 nitrogen and oxygen atoms in total. The van der Waals surface area contributed by atoms with Crippen molar-refractivity contribution in [1.82, 2.24) is 15.3 Å². The van der Waals surface area contributed by atoms with Crippen LogP contribution in [0.3, 0.4) is 0 Å². The van der Waals surface area contributed by atoms with Gasteiger partial charge in [0.15, 0.2) is 0 Å². The lowest BCUT2D eigenvalue weighted by atomic mass is 10.1. The molecule has 0 aliphatic carbocycles. The van der Waals surface area contributed by atoms with E-state index in [2.05, 4.69) is 46.5 Å². The minimum Gasteiger partial charge on any atom is -0.350 e. The Morgan fingerprint density at radius 3 is 2.52 bits per heavy atom. The number of benzene rings is 1. The third-order valence-corrected chi connectivity index (χ3v) is 4.83. The molecule has 128 valence electrons. The third-order valence-electron chi connectivity index (χ3n) is 3.86. The van der Waals surface area contributed by atoms with Gasteiger partial charge in [-0.05, 0) is 32.9 Å². The molecule has 1 N–H and O–H groups in total. The van der Waals surface area contributed by atoms with Gasteiger partial charge in [0.2, 0.25) is 5.91 Å². The summed E-state index contributed by atoms with van der Waals surface area (Å²) in [6.07, 6.45) is 0.334. The fourth-order valence-electron chi connectivity index (χ4n) is 2.62. The van der Waals surface area contributed by atoms with Gasteiger partial charge >= 0.3 is 0 Å². The summed E-state index contributed by atoms with van der Waals surface area (Å²) in [7, 11) is 0. The number of hydrogen-bond donors (Lipinski definition) is 1. The van der Waals surface area contributed by atoms with Crippen LogP contribution in [0.25, 0.3) is 11.3 Å². The van der Waals surface area contributed by atoms with Crippen LogP contribution in [0.5, 0.6) is 0 Å². The number of amides is 1. The molecular formula is C20H21N3OS. The van der Waals surface area contributed by atoms with E-state index in [1.54, 1.807) is 11.3 Å². The predicted molar refractivity (Wildman–Crippen MR) is 102 cm³/mol. The highest BCUT2D eigenvalue weighted by Crippen LogP contribution is 2.28. The standard InChI is InChI=1S/C20H21N3OS/c1-13-7-9-16(10-8-13)20-18(25-15(3)23-20)11-19(24)21-12-17-6-4-5-14(2)22-17/h4-10H,11-12H2,1-3H3,(H,21,24). The minimum atomic E-state index is -0.0136. The topological polar surface area (TPSA) is 54.9 Å². The molecule has 0 bridgehead atoms. The monoisotopic (exact) mass is 351 g/mol. The van der Waals surface area contributed by atoms with Crippen molar-refractivity contribution in [1.29, 1.82) is 0 Å². The van der Waals surface area contributed by atoms with E-state index in [-0.39, 0.29) is 5.91 Å².